The Kier molecular flexibility index (Phi) is 14.9. The van der Waals surface area contributed by atoms with Gasteiger partial charge in [0.1, 0.15) is 5.92 Å². The summed E-state index contributed by atoms with van der Waals surface area (Å²) in [7, 11) is 1.00. The number of H-pyrrole nitrogens is 1. The largest absolute Gasteiger partial charge is 0.400 e. The maximum absolute atomic E-state index is 12.6. The van der Waals surface area contributed by atoms with Gasteiger partial charge in [-0.05, 0) is 43.7 Å². The normalized spacial score (nSPS) is 14.8. The van der Waals surface area contributed by atoms with Crippen LogP contribution in [0.4, 0.5) is 0 Å². The molecule has 0 saturated carbocycles. The van der Waals surface area contributed by atoms with Crippen LogP contribution in [0.5, 0.6) is 0 Å². The van der Waals surface area contributed by atoms with E-state index >= 15 is 0 Å². The molecule has 2 aromatic heterocycles. The smallest absolute Gasteiger partial charge is 0.280 e. The van der Waals surface area contributed by atoms with Crippen molar-refractivity contribution in [2.24, 2.45) is 5.92 Å². The molecule has 0 spiro atoms. The van der Waals surface area contributed by atoms with Gasteiger partial charge < -0.3 is 19.8 Å². The number of carbonyl (C=O) groups excluding carboxylic acids is 2. The summed E-state index contributed by atoms with van der Waals surface area (Å²) in [6.45, 7) is 13.4. The van der Waals surface area contributed by atoms with Crippen molar-refractivity contribution in [3.8, 4) is 10.4 Å². The molecule has 1 aliphatic rings. The molecule has 210 valence electrons. The number of amides is 2. The first-order valence-electron chi connectivity index (χ1n) is 12.9. The molecule has 38 heavy (non-hydrogen) atoms. The Labute approximate surface area is 229 Å². The number of aryl methyl sites for hydroxylation is 1. The molecule has 2 unspecified atom stereocenters. The van der Waals surface area contributed by atoms with Crippen LogP contribution in [0.1, 0.15) is 70.4 Å². The lowest BCUT2D eigenvalue weighted by atomic mass is 9.91. The monoisotopic (exact) mass is 546 g/mol. The van der Waals surface area contributed by atoms with Crippen molar-refractivity contribution in [2.45, 2.75) is 72.9 Å². The zero-order valence-corrected chi connectivity index (χ0v) is 24.3. The van der Waals surface area contributed by atoms with Crippen molar-refractivity contribution in [1.29, 1.82) is 0 Å². The third kappa shape index (κ3) is 9.25. The molecular weight excluding hydrogens is 504 g/mol. The highest BCUT2D eigenvalue weighted by Crippen LogP contribution is 2.29. The first-order chi connectivity index (χ1) is 18.3. The maximum Gasteiger partial charge on any atom is 0.280 e. The molecule has 3 N–H and O–H groups in total. The van der Waals surface area contributed by atoms with Gasteiger partial charge in [0.05, 0.1) is 16.1 Å². The highest BCUT2D eigenvalue weighted by atomic mass is 32.1. The highest BCUT2D eigenvalue weighted by Gasteiger charge is 2.35. The van der Waals surface area contributed by atoms with E-state index in [-0.39, 0.29) is 29.3 Å². The van der Waals surface area contributed by atoms with E-state index in [1.54, 1.807) is 11.3 Å². The second-order valence-corrected chi connectivity index (χ2v) is 9.68. The molecule has 1 aliphatic heterocycles. The number of aliphatic hydroxyl groups excluding tert-OH is 1. The van der Waals surface area contributed by atoms with Crippen LogP contribution in [-0.4, -0.2) is 52.2 Å². The standard InChI is InChI=1S/C13H20N2O3.C12H12N2OS.C2H6.CH4O/c1-8(2)12(10-7-11(16)14-18-10)13(17)15-6-4-5-9(15)3;1-9-12(16-8-14-9)11-4-2-10(3-5-11)6-13-7-15;2*1-2/h7-9,12H,4-6H2,1-3H3,(H,14,16);2-5,7-8H,6H2,1H3,(H,13,15);1-2H3;2H,1H3. The lowest BCUT2D eigenvalue weighted by Crippen LogP contribution is -2.38. The van der Waals surface area contributed by atoms with Gasteiger partial charge in [-0.3, -0.25) is 14.4 Å². The Morgan fingerprint density at radius 2 is 1.95 bits per heavy atom. The molecule has 1 saturated heterocycles. The third-order valence-electron chi connectivity index (χ3n) is 5.97. The lowest BCUT2D eigenvalue weighted by Gasteiger charge is -2.27. The SMILES string of the molecule is CC.CC(C)C(C(=O)N1CCCC1C)c1cc(=O)[nH]o1.CO.Cc1ncsc1-c1ccc(CNC=O)cc1. The van der Waals surface area contributed by atoms with E-state index in [2.05, 4.69) is 34.5 Å². The molecule has 1 aromatic carbocycles. The number of aromatic amines is 1. The molecule has 2 amide bonds. The number of likely N-dealkylation sites (tertiary alicyclic amines) is 1. The maximum atomic E-state index is 12.6. The molecule has 3 aromatic rings. The van der Waals surface area contributed by atoms with Gasteiger partial charge in [-0.25, -0.2) is 4.98 Å². The predicted octanol–water partition coefficient (Wildman–Crippen LogP) is 4.72. The summed E-state index contributed by atoms with van der Waals surface area (Å²) in [6, 6.07) is 9.81. The quantitative estimate of drug-likeness (QED) is 0.368. The number of benzene rings is 1. The first kappa shape index (κ1) is 32.8. The van der Waals surface area contributed by atoms with Gasteiger partial charge in [0.2, 0.25) is 12.3 Å². The van der Waals surface area contributed by atoms with Crippen LogP contribution >= 0.6 is 11.3 Å². The van der Waals surface area contributed by atoms with E-state index in [1.165, 1.54) is 16.5 Å². The van der Waals surface area contributed by atoms with Crippen molar-refractivity contribution < 1.29 is 19.2 Å². The van der Waals surface area contributed by atoms with Gasteiger partial charge in [-0.2, -0.15) is 5.16 Å². The molecule has 10 heteroatoms. The van der Waals surface area contributed by atoms with Crippen LogP contribution in [0.15, 0.2) is 45.2 Å². The van der Waals surface area contributed by atoms with Gasteiger partial charge in [-0.15, -0.1) is 11.3 Å². The van der Waals surface area contributed by atoms with Crippen molar-refractivity contribution in [3.63, 3.8) is 0 Å². The number of nitrogens with zero attached hydrogens (tertiary/aromatic N) is 2. The highest BCUT2D eigenvalue weighted by molar-refractivity contribution is 7.13. The van der Waals surface area contributed by atoms with Crippen LogP contribution in [0.3, 0.4) is 0 Å². The van der Waals surface area contributed by atoms with Crippen molar-refractivity contribution in [3.05, 3.63) is 63.2 Å². The number of thiazole rings is 1. The third-order valence-corrected chi connectivity index (χ3v) is 6.95. The van der Waals surface area contributed by atoms with Gasteiger partial charge in [0, 0.05) is 32.3 Å². The second kappa shape index (κ2) is 17.3. The topological polar surface area (TPSA) is 129 Å². The fourth-order valence-corrected chi connectivity index (χ4v) is 4.95. The summed E-state index contributed by atoms with van der Waals surface area (Å²) in [5.41, 5.74) is 4.89. The fraction of sp³-hybridized carbons (Fsp3) is 0.500. The molecule has 4 rings (SSSR count). The Morgan fingerprint density at radius 3 is 2.39 bits per heavy atom. The Morgan fingerprint density at radius 1 is 1.29 bits per heavy atom. The van der Waals surface area contributed by atoms with Crippen LogP contribution in [-0.2, 0) is 16.1 Å². The minimum Gasteiger partial charge on any atom is -0.400 e. The molecule has 0 radical (unpaired) electrons. The Balaban J connectivity index is 0.000000338. The number of aromatic nitrogens is 2. The van der Waals surface area contributed by atoms with Gasteiger partial charge in [0.15, 0.2) is 5.76 Å². The summed E-state index contributed by atoms with van der Waals surface area (Å²) in [4.78, 5) is 41.2. The van der Waals surface area contributed by atoms with Crippen molar-refractivity contribution >= 4 is 23.7 Å². The molecule has 2 atom stereocenters. The molecule has 9 nitrogen and oxygen atoms in total. The van der Waals surface area contributed by atoms with E-state index in [9.17, 15) is 14.4 Å². The summed E-state index contributed by atoms with van der Waals surface area (Å²) >= 11 is 1.64. The summed E-state index contributed by atoms with van der Waals surface area (Å²) in [5.74, 6) is 0.241. The van der Waals surface area contributed by atoms with Crippen LogP contribution in [0, 0.1) is 12.8 Å². The van der Waals surface area contributed by atoms with E-state index in [1.807, 2.05) is 57.2 Å². The summed E-state index contributed by atoms with van der Waals surface area (Å²) in [5, 5.41) is 11.9. The Hall–Kier alpha value is -3.24. The minimum absolute atomic E-state index is 0.0674. The number of nitrogens with one attached hydrogen (secondary N) is 2. The lowest BCUT2D eigenvalue weighted by molar-refractivity contribution is -0.134. The van der Waals surface area contributed by atoms with E-state index < -0.39 is 0 Å². The first-order valence-corrected chi connectivity index (χ1v) is 13.8. The number of carbonyl (C=O) groups is 2. The van der Waals surface area contributed by atoms with Crippen molar-refractivity contribution in [1.82, 2.24) is 20.4 Å². The van der Waals surface area contributed by atoms with E-state index in [0.717, 1.165) is 37.8 Å². The molecule has 0 aliphatic carbocycles. The second-order valence-electron chi connectivity index (χ2n) is 8.82. The van der Waals surface area contributed by atoms with Crippen LogP contribution < -0.4 is 10.9 Å². The number of hydrogen-bond donors (Lipinski definition) is 3. The fourth-order valence-electron chi connectivity index (χ4n) is 4.14. The van der Waals surface area contributed by atoms with Crippen LogP contribution in [0.25, 0.3) is 10.4 Å². The molecular formula is C28H42N4O5S. The predicted molar refractivity (Wildman–Crippen MR) is 152 cm³/mol. The van der Waals surface area contributed by atoms with E-state index in [0.29, 0.717) is 18.7 Å². The minimum atomic E-state index is -0.371. The number of aliphatic hydroxyl groups is 1. The van der Waals surface area contributed by atoms with Gasteiger partial charge in [0.25, 0.3) is 5.56 Å². The average molecular weight is 547 g/mol. The molecule has 0 bridgehead atoms. The van der Waals surface area contributed by atoms with Crippen molar-refractivity contribution in [2.75, 3.05) is 13.7 Å². The summed E-state index contributed by atoms with van der Waals surface area (Å²) in [6.07, 6.45) is 2.81. The number of hydrogen-bond acceptors (Lipinski definition) is 7. The molecule has 3 heterocycles. The van der Waals surface area contributed by atoms with Gasteiger partial charge >= 0.3 is 0 Å². The molecule has 1 fully saturated rings. The van der Waals surface area contributed by atoms with Gasteiger partial charge in [-0.1, -0.05) is 52.0 Å². The van der Waals surface area contributed by atoms with E-state index in [4.69, 9.17) is 9.63 Å². The Bertz CT molecular complexity index is 1140. The summed E-state index contributed by atoms with van der Waals surface area (Å²) < 4.78 is 5.12. The zero-order chi connectivity index (χ0) is 28.7. The zero-order valence-electron chi connectivity index (χ0n) is 23.5. The average Bonchev–Trinajstić information content (AvgIpc) is 3.67. The number of rotatable bonds is 7. The van der Waals surface area contributed by atoms with Crippen LogP contribution in [0.2, 0.25) is 0 Å².